The van der Waals surface area contributed by atoms with Crippen LogP contribution in [0.25, 0.3) is 0 Å². The third-order valence-electron chi connectivity index (χ3n) is 5.24. The Balaban J connectivity index is 1.27. The lowest BCUT2D eigenvalue weighted by atomic mass is 10.0. The average molecular weight is 410 g/mol. The number of hydrogen-bond acceptors (Lipinski definition) is 3. The van der Waals surface area contributed by atoms with Gasteiger partial charge < -0.3 is 9.64 Å². The van der Waals surface area contributed by atoms with Crippen molar-refractivity contribution in [2.24, 2.45) is 0 Å². The van der Waals surface area contributed by atoms with Crippen molar-refractivity contribution in [1.29, 1.82) is 0 Å². The smallest absolute Gasteiger partial charge is 0.227 e. The quantitative estimate of drug-likeness (QED) is 0.634. The van der Waals surface area contributed by atoms with Gasteiger partial charge in [0.25, 0.3) is 0 Å². The van der Waals surface area contributed by atoms with Crippen molar-refractivity contribution in [2.45, 2.75) is 25.2 Å². The van der Waals surface area contributed by atoms with Crippen molar-refractivity contribution in [1.82, 2.24) is 15.1 Å². The number of ether oxygens (including phenoxy) is 1. The number of carbonyl (C=O) groups excluding carboxylic acids is 1. The maximum atomic E-state index is 12.6. The summed E-state index contributed by atoms with van der Waals surface area (Å²) in [7, 11) is 0. The Morgan fingerprint density at radius 3 is 2.86 bits per heavy atom. The van der Waals surface area contributed by atoms with E-state index in [-0.39, 0.29) is 11.8 Å². The zero-order valence-corrected chi connectivity index (χ0v) is 16.9. The van der Waals surface area contributed by atoms with Gasteiger partial charge in [0.05, 0.1) is 18.7 Å². The van der Waals surface area contributed by atoms with Crippen LogP contribution in [0, 0.1) is 0 Å². The van der Waals surface area contributed by atoms with Gasteiger partial charge in [-0.15, -0.1) is 0 Å². The molecule has 2 aromatic carbocycles. The second kappa shape index (κ2) is 9.14. The van der Waals surface area contributed by atoms with Crippen LogP contribution in [0.2, 0.25) is 5.02 Å². The molecule has 1 N–H and O–H groups in total. The average Bonchev–Trinajstić information content (AvgIpc) is 3.38. The first kappa shape index (κ1) is 19.5. The molecular formula is C23H24ClN3O2. The number of rotatable bonds is 7. The van der Waals surface area contributed by atoms with Crippen LogP contribution >= 0.6 is 11.6 Å². The second-order valence-corrected chi connectivity index (χ2v) is 7.80. The fourth-order valence-corrected chi connectivity index (χ4v) is 3.84. The molecule has 1 unspecified atom stereocenters. The Bertz CT molecular complexity index is 958. The monoisotopic (exact) mass is 409 g/mol. The molecule has 0 spiro atoms. The summed E-state index contributed by atoms with van der Waals surface area (Å²) < 4.78 is 5.75. The maximum Gasteiger partial charge on any atom is 0.227 e. The minimum absolute atomic E-state index is 0.185. The fourth-order valence-electron chi connectivity index (χ4n) is 3.66. The lowest BCUT2D eigenvalue weighted by Gasteiger charge is -2.16. The predicted octanol–water partition coefficient (Wildman–Crippen LogP) is 4.24. The first-order chi connectivity index (χ1) is 14.2. The van der Waals surface area contributed by atoms with Gasteiger partial charge in [0, 0.05) is 36.1 Å². The van der Waals surface area contributed by atoms with Crippen LogP contribution in [0.15, 0.2) is 60.7 Å². The van der Waals surface area contributed by atoms with Gasteiger partial charge in [-0.25, -0.2) is 0 Å². The van der Waals surface area contributed by atoms with Gasteiger partial charge in [-0.05, 0) is 36.2 Å². The Hall–Kier alpha value is -2.79. The van der Waals surface area contributed by atoms with E-state index < -0.39 is 0 Å². The van der Waals surface area contributed by atoms with Gasteiger partial charge in [0.1, 0.15) is 5.75 Å². The second-order valence-electron chi connectivity index (χ2n) is 7.36. The summed E-state index contributed by atoms with van der Waals surface area (Å²) in [6.07, 6.45) is 2.15. The van der Waals surface area contributed by atoms with E-state index in [1.807, 2.05) is 53.4 Å². The van der Waals surface area contributed by atoms with Gasteiger partial charge in [-0.3, -0.25) is 9.89 Å². The number of nitrogens with zero attached hydrogens (tertiary/aromatic N) is 2. The predicted molar refractivity (Wildman–Crippen MR) is 113 cm³/mol. The topological polar surface area (TPSA) is 58.2 Å². The Labute approximate surface area is 175 Å². The van der Waals surface area contributed by atoms with Gasteiger partial charge in [-0.2, -0.15) is 5.10 Å². The normalized spacial score (nSPS) is 16.2. The number of halogens is 1. The summed E-state index contributed by atoms with van der Waals surface area (Å²) >= 11 is 5.97. The van der Waals surface area contributed by atoms with Gasteiger partial charge in [0.2, 0.25) is 5.91 Å². The van der Waals surface area contributed by atoms with E-state index in [2.05, 4.69) is 16.3 Å². The van der Waals surface area contributed by atoms with Crippen LogP contribution in [-0.4, -0.2) is 40.7 Å². The van der Waals surface area contributed by atoms with Crippen molar-refractivity contribution in [3.05, 3.63) is 82.6 Å². The van der Waals surface area contributed by atoms with E-state index in [1.54, 1.807) is 6.07 Å². The van der Waals surface area contributed by atoms with E-state index in [9.17, 15) is 4.79 Å². The summed E-state index contributed by atoms with van der Waals surface area (Å²) in [4.78, 5) is 14.5. The summed E-state index contributed by atoms with van der Waals surface area (Å²) in [6, 6.07) is 19.4. The van der Waals surface area contributed by atoms with Crippen LogP contribution < -0.4 is 4.74 Å². The minimum Gasteiger partial charge on any atom is -0.493 e. The number of likely N-dealkylation sites (tertiary alicyclic amines) is 1. The van der Waals surface area contributed by atoms with Gasteiger partial charge in [-0.1, -0.05) is 48.0 Å². The lowest BCUT2D eigenvalue weighted by Crippen LogP contribution is -2.29. The highest BCUT2D eigenvalue weighted by Crippen LogP contribution is 2.27. The first-order valence-electron chi connectivity index (χ1n) is 9.91. The molecule has 0 radical (unpaired) electrons. The number of benzene rings is 2. The molecule has 1 fully saturated rings. The number of carbonyl (C=O) groups is 1. The van der Waals surface area contributed by atoms with Crippen LogP contribution in [0.4, 0.5) is 0 Å². The third-order valence-corrected chi connectivity index (χ3v) is 5.48. The molecular weight excluding hydrogens is 386 g/mol. The molecule has 150 valence electrons. The Morgan fingerprint density at radius 2 is 2.03 bits per heavy atom. The molecule has 1 aromatic heterocycles. The lowest BCUT2D eigenvalue weighted by molar-refractivity contribution is -0.129. The molecule has 0 bridgehead atoms. The molecule has 1 saturated heterocycles. The van der Waals surface area contributed by atoms with Crippen LogP contribution in [0.5, 0.6) is 5.75 Å². The summed E-state index contributed by atoms with van der Waals surface area (Å²) in [5.74, 6) is 1.23. The molecule has 4 rings (SSSR count). The number of nitrogens with one attached hydrogen (secondary N) is 1. The molecule has 1 amide bonds. The molecule has 2 heterocycles. The number of amides is 1. The highest BCUT2D eigenvalue weighted by molar-refractivity contribution is 6.30. The number of aromatic amines is 1. The third kappa shape index (κ3) is 5.18. The minimum atomic E-state index is 0.185. The van der Waals surface area contributed by atoms with Gasteiger partial charge >= 0.3 is 0 Å². The molecule has 1 aliphatic rings. The van der Waals surface area contributed by atoms with E-state index >= 15 is 0 Å². The first-order valence-corrected chi connectivity index (χ1v) is 10.3. The summed E-state index contributed by atoms with van der Waals surface area (Å²) in [6.45, 7) is 2.07. The molecule has 6 heteroatoms. The van der Waals surface area contributed by atoms with E-state index in [0.717, 1.165) is 48.6 Å². The van der Waals surface area contributed by atoms with E-state index in [4.69, 9.17) is 16.3 Å². The summed E-state index contributed by atoms with van der Waals surface area (Å²) in [5.41, 5.74) is 3.12. The Kier molecular flexibility index (Phi) is 6.15. The zero-order chi connectivity index (χ0) is 20.1. The van der Waals surface area contributed by atoms with Crippen LogP contribution in [-0.2, 0) is 17.6 Å². The van der Waals surface area contributed by atoms with Gasteiger partial charge in [0.15, 0.2) is 0 Å². The maximum absolute atomic E-state index is 12.6. The SMILES string of the molecule is O=C(Cc1ccccc1)N1CCC(c2cc(CCOc3cccc(Cl)c3)[nH]n2)C1. The van der Waals surface area contributed by atoms with E-state index in [1.165, 1.54) is 0 Å². The fraction of sp³-hybridized carbons (Fsp3) is 0.304. The summed E-state index contributed by atoms with van der Waals surface area (Å²) in [5, 5.41) is 8.25. The number of aromatic nitrogens is 2. The molecule has 0 aliphatic carbocycles. The van der Waals surface area contributed by atoms with Crippen molar-refractivity contribution in [2.75, 3.05) is 19.7 Å². The highest BCUT2D eigenvalue weighted by atomic mass is 35.5. The molecule has 29 heavy (non-hydrogen) atoms. The molecule has 5 nitrogen and oxygen atoms in total. The van der Waals surface area contributed by atoms with Crippen LogP contribution in [0.3, 0.4) is 0 Å². The standard InChI is InChI=1S/C23H24ClN3O2/c24-19-7-4-8-21(14-19)29-12-10-20-15-22(26-25-20)18-9-11-27(16-18)23(28)13-17-5-2-1-3-6-17/h1-8,14-15,18H,9-13,16H2,(H,25,26). The highest BCUT2D eigenvalue weighted by Gasteiger charge is 2.28. The van der Waals surface area contributed by atoms with Crippen LogP contribution in [0.1, 0.15) is 29.3 Å². The van der Waals surface area contributed by atoms with Crippen molar-refractivity contribution in [3.63, 3.8) is 0 Å². The molecule has 3 aromatic rings. The van der Waals surface area contributed by atoms with Crippen molar-refractivity contribution < 1.29 is 9.53 Å². The van der Waals surface area contributed by atoms with Crippen molar-refractivity contribution >= 4 is 17.5 Å². The largest absolute Gasteiger partial charge is 0.493 e. The number of H-pyrrole nitrogens is 1. The molecule has 1 atom stereocenters. The molecule has 0 saturated carbocycles. The Morgan fingerprint density at radius 1 is 1.17 bits per heavy atom. The zero-order valence-electron chi connectivity index (χ0n) is 16.2. The van der Waals surface area contributed by atoms with Crippen molar-refractivity contribution in [3.8, 4) is 5.75 Å². The number of hydrogen-bond donors (Lipinski definition) is 1. The van der Waals surface area contributed by atoms with E-state index in [0.29, 0.717) is 18.1 Å². The molecule has 1 aliphatic heterocycles.